The average Bonchev–Trinajstić information content (AvgIpc) is 2.62. The zero-order valence-corrected chi connectivity index (χ0v) is 8.33. The van der Waals surface area contributed by atoms with E-state index in [4.69, 9.17) is 5.73 Å². The first-order valence-corrected chi connectivity index (χ1v) is 4.95. The number of phenols is 1. The van der Waals surface area contributed by atoms with Gasteiger partial charge in [-0.1, -0.05) is 25.1 Å². The second-order valence-electron chi connectivity index (χ2n) is 3.81. The molecule has 74 valence electrons. The lowest BCUT2D eigenvalue weighted by molar-refractivity contribution is 0.472. The Hall–Kier alpha value is -1.28. The van der Waals surface area contributed by atoms with E-state index >= 15 is 0 Å². The number of benzene rings is 1. The highest BCUT2D eigenvalue weighted by atomic mass is 16.3. The van der Waals surface area contributed by atoms with Crippen molar-refractivity contribution in [2.45, 2.75) is 13.3 Å². The summed E-state index contributed by atoms with van der Waals surface area (Å²) in [4.78, 5) is 0. The molecule has 0 saturated heterocycles. The van der Waals surface area contributed by atoms with Crippen LogP contribution in [0.4, 0.5) is 0 Å². The minimum absolute atomic E-state index is 0.324. The summed E-state index contributed by atoms with van der Waals surface area (Å²) < 4.78 is 0. The van der Waals surface area contributed by atoms with Crippen LogP contribution in [0.15, 0.2) is 24.3 Å². The first-order valence-electron chi connectivity index (χ1n) is 4.95. The second-order valence-corrected chi connectivity index (χ2v) is 3.81. The monoisotopic (exact) mass is 189 g/mol. The zero-order valence-electron chi connectivity index (χ0n) is 8.33. The van der Waals surface area contributed by atoms with E-state index in [1.165, 1.54) is 11.1 Å². The molecule has 2 heteroatoms. The molecular formula is C12H15NO. The smallest absolute Gasteiger partial charge is 0.123 e. The summed E-state index contributed by atoms with van der Waals surface area (Å²) >= 11 is 0. The molecule has 0 heterocycles. The Kier molecular flexibility index (Phi) is 2.30. The Balaban J connectivity index is 2.45. The van der Waals surface area contributed by atoms with Gasteiger partial charge in [-0.15, -0.1) is 0 Å². The van der Waals surface area contributed by atoms with E-state index in [1.807, 2.05) is 6.07 Å². The number of rotatable bonds is 2. The van der Waals surface area contributed by atoms with E-state index in [-0.39, 0.29) is 0 Å². The molecule has 3 N–H and O–H groups in total. The van der Waals surface area contributed by atoms with Crippen LogP contribution in [0.5, 0.6) is 5.75 Å². The molecule has 2 nitrogen and oxygen atoms in total. The van der Waals surface area contributed by atoms with E-state index < -0.39 is 0 Å². The van der Waals surface area contributed by atoms with Crippen molar-refractivity contribution < 1.29 is 5.11 Å². The Morgan fingerprint density at radius 2 is 2.29 bits per heavy atom. The SMILES string of the molecule is CC(CN)C1=CCc2cccc(O)c21. The summed E-state index contributed by atoms with van der Waals surface area (Å²) in [6, 6.07) is 5.68. The predicted molar refractivity (Wildman–Crippen MR) is 58.0 cm³/mol. The molecule has 0 bridgehead atoms. The maximum Gasteiger partial charge on any atom is 0.123 e. The van der Waals surface area contributed by atoms with Crippen molar-refractivity contribution in [3.8, 4) is 5.75 Å². The van der Waals surface area contributed by atoms with Crippen LogP contribution in [0.25, 0.3) is 5.57 Å². The topological polar surface area (TPSA) is 46.2 Å². The van der Waals surface area contributed by atoms with Crippen LogP contribution in [0.3, 0.4) is 0 Å². The van der Waals surface area contributed by atoms with Gasteiger partial charge in [0, 0.05) is 5.56 Å². The molecular weight excluding hydrogens is 174 g/mol. The maximum absolute atomic E-state index is 9.76. The van der Waals surface area contributed by atoms with Crippen LogP contribution in [-0.2, 0) is 6.42 Å². The fraction of sp³-hybridized carbons (Fsp3) is 0.333. The summed E-state index contributed by atoms with van der Waals surface area (Å²) in [5.74, 6) is 0.705. The van der Waals surface area contributed by atoms with Crippen LogP contribution in [0.2, 0.25) is 0 Å². The first-order chi connectivity index (χ1) is 6.74. The Labute approximate surface area is 84.1 Å². The van der Waals surface area contributed by atoms with Crippen molar-refractivity contribution in [3.05, 3.63) is 35.4 Å². The van der Waals surface area contributed by atoms with Crippen LogP contribution in [0.1, 0.15) is 18.1 Å². The second kappa shape index (κ2) is 3.46. The van der Waals surface area contributed by atoms with Gasteiger partial charge >= 0.3 is 0 Å². The molecule has 0 saturated carbocycles. The van der Waals surface area contributed by atoms with E-state index in [0.29, 0.717) is 18.2 Å². The molecule has 1 aliphatic carbocycles. The van der Waals surface area contributed by atoms with Crippen LogP contribution in [0, 0.1) is 5.92 Å². The van der Waals surface area contributed by atoms with Gasteiger partial charge in [0.05, 0.1) is 0 Å². The fourth-order valence-electron chi connectivity index (χ4n) is 1.99. The summed E-state index contributed by atoms with van der Waals surface area (Å²) in [5, 5.41) is 9.76. The number of aromatic hydroxyl groups is 1. The zero-order chi connectivity index (χ0) is 10.1. The minimum atomic E-state index is 0.324. The van der Waals surface area contributed by atoms with Crippen LogP contribution >= 0.6 is 0 Å². The quantitative estimate of drug-likeness (QED) is 0.746. The van der Waals surface area contributed by atoms with Crippen LogP contribution < -0.4 is 5.73 Å². The van der Waals surface area contributed by atoms with Gasteiger partial charge < -0.3 is 10.8 Å². The number of nitrogens with two attached hydrogens (primary N) is 1. The van der Waals surface area contributed by atoms with Gasteiger partial charge in [-0.05, 0) is 36.1 Å². The van der Waals surface area contributed by atoms with E-state index in [2.05, 4.69) is 19.1 Å². The van der Waals surface area contributed by atoms with E-state index in [9.17, 15) is 5.11 Å². The summed E-state index contributed by atoms with van der Waals surface area (Å²) in [7, 11) is 0. The highest BCUT2D eigenvalue weighted by Crippen LogP contribution is 2.37. The lowest BCUT2D eigenvalue weighted by Crippen LogP contribution is -2.11. The number of phenolic OH excluding ortho intramolecular Hbond substituents is 1. The Bertz CT molecular complexity index is 382. The lowest BCUT2D eigenvalue weighted by Gasteiger charge is -2.13. The minimum Gasteiger partial charge on any atom is -0.507 e. The van der Waals surface area contributed by atoms with Crippen molar-refractivity contribution in [2.75, 3.05) is 6.54 Å². The number of fused-ring (bicyclic) bond motifs is 1. The van der Waals surface area contributed by atoms with Crippen molar-refractivity contribution >= 4 is 5.57 Å². The van der Waals surface area contributed by atoms with Gasteiger partial charge in [-0.3, -0.25) is 0 Å². The summed E-state index contributed by atoms with van der Waals surface area (Å²) in [5.41, 5.74) is 9.05. The number of hydrogen-bond acceptors (Lipinski definition) is 2. The molecule has 0 amide bonds. The molecule has 1 aliphatic rings. The van der Waals surface area contributed by atoms with Crippen molar-refractivity contribution in [1.29, 1.82) is 0 Å². The van der Waals surface area contributed by atoms with Crippen molar-refractivity contribution in [1.82, 2.24) is 0 Å². The van der Waals surface area contributed by atoms with Crippen LogP contribution in [-0.4, -0.2) is 11.7 Å². The maximum atomic E-state index is 9.76. The molecule has 1 unspecified atom stereocenters. The number of allylic oxidation sites excluding steroid dienone is 1. The van der Waals surface area contributed by atoms with Gasteiger partial charge in [0.2, 0.25) is 0 Å². The normalized spacial score (nSPS) is 16.3. The molecule has 0 radical (unpaired) electrons. The molecule has 0 spiro atoms. The summed E-state index contributed by atoms with van der Waals surface area (Å²) in [6.45, 7) is 2.72. The van der Waals surface area contributed by atoms with Crippen molar-refractivity contribution in [2.24, 2.45) is 11.7 Å². The third-order valence-corrected chi connectivity index (χ3v) is 2.84. The molecule has 1 atom stereocenters. The molecule has 14 heavy (non-hydrogen) atoms. The predicted octanol–water partition coefficient (Wildman–Crippen LogP) is 1.93. The highest BCUT2D eigenvalue weighted by molar-refractivity contribution is 5.78. The van der Waals surface area contributed by atoms with Gasteiger partial charge in [-0.25, -0.2) is 0 Å². The Morgan fingerprint density at radius 3 is 3.00 bits per heavy atom. The van der Waals surface area contributed by atoms with Gasteiger partial charge in [0.25, 0.3) is 0 Å². The fourth-order valence-corrected chi connectivity index (χ4v) is 1.99. The lowest BCUT2D eigenvalue weighted by atomic mass is 9.95. The molecule has 0 aromatic heterocycles. The van der Waals surface area contributed by atoms with E-state index in [0.717, 1.165) is 12.0 Å². The Morgan fingerprint density at radius 1 is 1.50 bits per heavy atom. The first kappa shape index (κ1) is 9.28. The summed E-state index contributed by atoms with van der Waals surface area (Å²) in [6.07, 6.45) is 3.09. The highest BCUT2D eigenvalue weighted by Gasteiger charge is 2.20. The molecule has 2 rings (SSSR count). The van der Waals surface area contributed by atoms with Gasteiger partial charge in [0.1, 0.15) is 5.75 Å². The standard InChI is InChI=1S/C12H15NO/c1-8(7-13)10-6-5-9-3-2-4-11(14)12(9)10/h2-4,6,8,14H,5,7,13H2,1H3. The van der Waals surface area contributed by atoms with Crippen molar-refractivity contribution in [3.63, 3.8) is 0 Å². The molecule has 1 aromatic rings. The van der Waals surface area contributed by atoms with Gasteiger partial charge in [-0.2, -0.15) is 0 Å². The third-order valence-electron chi connectivity index (χ3n) is 2.84. The number of hydrogen-bond donors (Lipinski definition) is 2. The van der Waals surface area contributed by atoms with Gasteiger partial charge in [0.15, 0.2) is 0 Å². The molecule has 0 aliphatic heterocycles. The molecule has 0 fully saturated rings. The molecule has 1 aromatic carbocycles. The third kappa shape index (κ3) is 1.32. The van der Waals surface area contributed by atoms with E-state index in [1.54, 1.807) is 6.07 Å². The average molecular weight is 189 g/mol. The largest absolute Gasteiger partial charge is 0.507 e.